The predicted octanol–water partition coefficient (Wildman–Crippen LogP) is 5.01. The monoisotopic (exact) mass is 418 g/mol. The third-order valence-electron chi connectivity index (χ3n) is 5.28. The molecule has 0 amide bonds. The third kappa shape index (κ3) is 3.47. The Hall–Kier alpha value is -3.15. The molecule has 0 aliphatic carbocycles. The molecule has 0 fully saturated rings. The van der Waals surface area contributed by atoms with Crippen molar-refractivity contribution in [2.24, 2.45) is 0 Å². The molecular weight excluding hydrogens is 400 g/mol. The summed E-state index contributed by atoms with van der Waals surface area (Å²) in [6, 6.07) is 13.2. The van der Waals surface area contributed by atoms with Crippen molar-refractivity contribution in [3.63, 3.8) is 0 Å². The lowest BCUT2D eigenvalue weighted by Crippen LogP contribution is -2.32. The maximum absolute atomic E-state index is 13.0. The van der Waals surface area contributed by atoms with E-state index in [1.54, 1.807) is 24.4 Å². The number of fused-ring (bicyclic) bond motifs is 2. The molecule has 30 heavy (non-hydrogen) atoms. The third-order valence-corrected chi connectivity index (χ3v) is 5.51. The van der Waals surface area contributed by atoms with E-state index in [2.05, 4.69) is 9.88 Å². The summed E-state index contributed by atoms with van der Waals surface area (Å²) in [6.07, 6.45) is 5.34. The summed E-state index contributed by atoms with van der Waals surface area (Å²) >= 11 is 6.06. The average Bonchev–Trinajstić information content (AvgIpc) is 3.05. The maximum Gasteiger partial charge on any atom is 0.231 e. The highest BCUT2D eigenvalue weighted by atomic mass is 35.5. The van der Waals surface area contributed by atoms with Gasteiger partial charge in [-0.2, -0.15) is 0 Å². The number of pyridine rings is 1. The minimum Gasteiger partial charge on any atom is -0.477 e. The van der Waals surface area contributed by atoms with E-state index in [-0.39, 0.29) is 5.78 Å². The SMILES string of the molecule is Cc1c2c(cc3c1O/C(=C\c1cccc(Cl)c1)C3=O)CN(Cc1cccnc1)CO2. The summed E-state index contributed by atoms with van der Waals surface area (Å²) in [4.78, 5) is 19.4. The second-order valence-corrected chi connectivity index (χ2v) is 7.92. The van der Waals surface area contributed by atoms with Gasteiger partial charge in [-0.05, 0) is 48.4 Å². The molecule has 0 atom stereocenters. The number of nitrogens with zero attached hydrogens (tertiary/aromatic N) is 2. The molecule has 0 saturated carbocycles. The highest BCUT2D eigenvalue weighted by Gasteiger charge is 2.33. The van der Waals surface area contributed by atoms with Gasteiger partial charge in [0.05, 0.1) is 5.56 Å². The Morgan fingerprint density at radius 2 is 2.10 bits per heavy atom. The highest BCUT2D eigenvalue weighted by molar-refractivity contribution is 6.30. The highest BCUT2D eigenvalue weighted by Crippen LogP contribution is 2.43. The molecule has 3 heterocycles. The smallest absolute Gasteiger partial charge is 0.231 e. The largest absolute Gasteiger partial charge is 0.477 e. The van der Waals surface area contributed by atoms with Crippen molar-refractivity contribution in [3.8, 4) is 11.5 Å². The van der Waals surface area contributed by atoms with E-state index in [4.69, 9.17) is 21.1 Å². The van der Waals surface area contributed by atoms with Crippen molar-refractivity contribution in [1.82, 2.24) is 9.88 Å². The fourth-order valence-electron chi connectivity index (χ4n) is 3.90. The standard InChI is InChI=1S/C24H19ClN2O3/c1-15-23-18(13-27(14-29-23)12-17-5-3-7-26-11-17)10-20-22(28)21(30-24(15)20)9-16-4-2-6-19(25)8-16/h2-11H,12-14H2,1H3/b21-9-. The number of hydrogen-bond acceptors (Lipinski definition) is 5. The number of rotatable bonds is 3. The van der Waals surface area contributed by atoms with Crippen molar-refractivity contribution >= 4 is 23.5 Å². The first kappa shape index (κ1) is 18.9. The van der Waals surface area contributed by atoms with Crippen LogP contribution in [0.25, 0.3) is 6.08 Å². The van der Waals surface area contributed by atoms with E-state index in [0.717, 1.165) is 34.5 Å². The van der Waals surface area contributed by atoms with E-state index in [1.807, 2.05) is 43.5 Å². The van der Waals surface area contributed by atoms with Crippen molar-refractivity contribution in [1.29, 1.82) is 0 Å². The molecule has 0 saturated heterocycles. The number of benzene rings is 2. The van der Waals surface area contributed by atoms with E-state index >= 15 is 0 Å². The zero-order valence-electron chi connectivity index (χ0n) is 16.4. The van der Waals surface area contributed by atoms with Crippen LogP contribution in [0.3, 0.4) is 0 Å². The van der Waals surface area contributed by atoms with Crippen molar-refractivity contribution in [2.45, 2.75) is 20.0 Å². The van der Waals surface area contributed by atoms with Crippen LogP contribution in [-0.2, 0) is 13.1 Å². The number of allylic oxidation sites excluding steroid dienone is 1. The molecule has 5 nitrogen and oxygen atoms in total. The van der Waals surface area contributed by atoms with Crippen LogP contribution in [0.5, 0.6) is 11.5 Å². The summed E-state index contributed by atoms with van der Waals surface area (Å²) in [5, 5.41) is 0.612. The van der Waals surface area contributed by atoms with E-state index in [9.17, 15) is 4.79 Å². The summed E-state index contributed by atoms with van der Waals surface area (Å²) in [6.45, 7) is 3.83. The molecule has 2 aromatic carbocycles. The first-order valence-electron chi connectivity index (χ1n) is 9.69. The molecule has 3 aromatic rings. The van der Waals surface area contributed by atoms with Crippen LogP contribution in [0, 0.1) is 6.92 Å². The van der Waals surface area contributed by atoms with Crippen LogP contribution in [0.1, 0.15) is 32.6 Å². The van der Waals surface area contributed by atoms with Gasteiger partial charge in [-0.3, -0.25) is 14.7 Å². The lowest BCUT2D eigenvalue weighted by atomic mass is 10.00. The molecule has 6 heteroatoms. The minimum absolute atomic E-state index is 0.125. The number of carbonyl (C=O) groups is 1. The minimum atomic E-state index is -0.125. The van der Waals surface area contributed by atoms with Gasteiger partial charge in [0.15, 0.2) is 5.76 Å². The van der Waals surface area contributed by atoms with Gasteiger partial charge in [-0.25, -0.2) is 0 Å². The lowest BCUT2D eigenvalue weighted by molar-refractivity contribution is 0.0876. The normalized spacial score (nSPS) is 16.7. The predicted molar refractivity (Wildman–Crippen MR) is 115 cm³/mol. The second-order valence-electron chi connectivity index (χ2n) is 7.48. The number of hydrogen-bond donors (Lipinski definition) is 0. The van der Waals surface area contributed by atoms with Crippen LogP contribution >= 0.6 is 11.6 Å². The average molecular weight is 419 g/mol. The van der Waals surface area contributed by atoms with Gasteiger partial charge in [0.2, 0.25) is 5.78 Å². The molecule has 0 radical (unpaired) electrons. The number of Topliss-reactive ketones (excluding diaryl/α,β-unsaturated/α-hetero) is 1. The van der Waals surface area contributed by atoms with Crippen LogP contribution in [-0.4, -0.2) is 22.4 Å². The summed E-state index contributed by atoms with van der Waals surface area (Å²) in [5.74, 6) is 1.55. The van der Waals surface area contributed by atoms with Crippen LogP contribution in [0.15, 0.2) is 60.6 Å². The van der Waals surface area contributed by atoms with Gasteiger partial charge in [-0.15, -0.1) is 0 Å². The molecular formula is C24H19ClN2O3. The van der Waals surface area contributed by atoms with Crippen LogP contribution in [0.2, 0.25) is 5.02 Å². The van der Waals surface area contributed by atoms with Crippen molar-refractivity contribution < 1.29 is 14.3 Å². The van der Waals surface area contributed by atoms with Gasteiger partial charge >= 0.3 is 0 Å². The molecule has 0 N–H and O–H groups in total. The Morgan fingerprint density at radius 3 is 2.90 bits per heavy atom. The first-order chi connectivity index (χ1) is 14.6. The number of ether oxygens (including phenoxy) is 2. The summed E-state index contributed by atoms with van der Waals surface area (Å²) in [7, 11) is 0. The number of ketones is 1. The zero-order chi connectivity index (χ0) is 20.7. The Bertz CT molecular complexity index is 1170. The fourth-order valence-corrected chi connectivity index (χ4v) is 4.09. The maximum atomic E-state index is 13.0. The van der Waals surface area contributed by atoms with Gasteiger partial charge < -0.3 is 9.47 Å². The quantitative estimate of drug-likeness (QED) is 0.559. The van der Waals surface area contributed by atoms with Crippen LogP contribution in [0.4, 0.5) is 0 Å². The number of aromatic nitrogens is 1. The molecule has 5 rings (SSSR count). The molecule has 0 spiro atoms. The molecule has 2 aliphatic rings. The first-order valence-corrected chi connectivity index (χ1v) is 10.1. The van der Waals surface area contributed by atoms with E-state index in [1.165, 1.54) is 0 Å². The van der Waals surface area contributed by atoms with Gasteiger partial charge in [0, 0.05) is 41.6 Å². The number of carbonyl (C=O) groups excluding carboxylic acids is 1. The second kappa shape index (κ2) is 7.59. The topological polar surface area (TPSA) is 51.7 Å². The van der Waals surface area contributed by atoms with E-state index < -0.39 is 0 Å². The van der Waals surface area contributed by atoms with Crippen LogP contribution < -0.4 is 9.47 Å². The summed E-state index contributed by atoms with van der Waals surface area (Å²) < 4.78 is 12.0. The molecule has 0 unspecified atom stereocenters. The Balaban J connectivity index is 1.44. The van der Waals surface area contributed by atoms with Gasteiger partial charge in [-0.1, -0.05) is 29.8 Å². The Labute approximate surface area is 179 Å². The zero-order valence-corrected chi connectivity index (χ0v) is 17.1. The Morgan fingerprint density at radius 1 is 1.20 bits per heavy atom. The summed E-state index contributed by atoms with van der Waals surface area (Å²) in [5.41, 5.74) is 4.36. The molecule has 150 valence electrons. The number of halogens is 1. The van der Waals surface area contributed by atoms with Crippen molar-refractivity contribution in [2.75, 3.05) is 6.73 Å². The van der Waals surface area contributed by atoms with Gasteiger partial charge in [0.25, 0.3) is 0 Å². The Kier molecular flexibility index (Phi) is 4.77. The van der Waals surface area contributed by atoms with Crippen molar-refractivity contribution in [3.05, 3.63) is 93.5 Å². The molecule has 2 aliphatic heterocycles. The van der Waals surface area contributed by atoms with Gasteiger partial charge in [0.1, 0.15) is 18.2 Å². The lowest BCUT2D eigenvalue weighted by Gasteiger charge is -2.30. The van der Waals surface area contributed by atoms with E-state index in [0.29, 0.717) is 35.4 Å². The molecule has 1 aromatic heterocycles. The molecule has 0 bridgehead atoms. The fraction of sp³-hybridized carbons (Fsp3) is 0.167.